The Morgan fingerprint density at radius 1 is 0.396 bits per heavy atom. The third kappa shape index (κ3) is 4.57. The van der Waals surface area contributed by atoms with Crippen molar-refractivity contribution >= 4 is 21.8 Å². The van der Waals surface area contributed by atoms with Crippen LogP contribution in [0.1, 0.15) is 36.1 Å². The number of rotatable bonds is 4. The van der Waals surface area contributed by atoms with Gasteiger partial charge in [-0.1, -0.05) is 153 Å². The van der Waals surface area contributed by atoms with Crippen molar-refractivity contribution in [3.05, 3.63) is 192 Å². The molecule has 9 aromatic rings. The summed E-state index contributed by atoms with van der Waals surface area (Å²) in [6.45, 7) is 4.68. The van der Waals surface area contributed by atoms with E-state index in [-0.39, 0.29) is 5.41 Å². The summed E-state index contributed by atoms with van der Waals surface area (Å²) in [6.07, 6.45) is 0.983. The average Bonchev–Trinajstić information content (AvgIpc) is 3.85. The second kappa shape index (κ2) is 11.3. The molecule has 250 valence electrons. The molecule has 1 nitrogen and oxygen atoms in total. The number of para-hydroxylation sites is 1. The van der Waals surface area contributed by atoms with Crippen molar-refractivity contribution in [2.45, 2.75) is 25.7 Å². The first-order valence-electron chi connectivity index (χ1n) is 18.7. The lowest BCUT2D eigenvalue weighted by molar-refractivity contribution is 0.660. The van der Waals surface area contributed by atoms with Gasteiger partial charge >= 0.3 is 0 Å². The molecule has 1 heterocycles. The fourth-order valence-electron chi connectivity index (χ4n) is 9.40. The monoisotopic (exact) mass is 675 g/mol. The van der Waals surface area contributed by atoms with E-state index in [1.165, 1.54) is 105 Å². The Hall–Kier alpha value is -6.44. The van der Waals surface area contributed by atoms with Crippen LogP contribution in [0, 0.1) is 0 Å². The number of hydrogen-bond donors (Lipinski definition) is 1. The largest absolute Gasteiger partial charge is 0.354 e. The third-order valence-corrected chi connectivity index (χ3v) is 12.1. The Kier molecular flexibility index (Phi) is 6.43. The van der Waals surface area contributed by atoms with E-state index in [1.807, 2.05) is 0 Å². The highest BCUT2D eigenvalue weighted by Gasteiger charge is 2.35. The lowest BCUT2D eigenvalue weighted by Crippen LogP contribution is -2.14. The second-order valence-electron chi connectivity index (χ2n) is 15.4. The fraction of sp³-hybridized carbons (Fsp3) is 0.0769. The van der Waals surface area contributed by atoms with Crippen LogP contribution < -0.4 is 0 Å². The van der Waals surface area contributed by atoms with Crippen LogP contribution in [0.4, 0.5) is 0 Å². The zero-order chi connectivity index (χ0) is 35.3. The molecule has 0 radical (unpaired) electrons. The molecule has 0 spiro atoms. The molecule has 0 bridgehead atoms. The fourth-order valence-corrected chi connectivity index (χ4v) is 9.40. The molecule has 2 aliphatic rings. The molecule has 1 N–H and O–H groups in total. The summed E-state index contributed by atoms with van der Waals surface area (Å²) in [5.41, 5.74) is 23.4. The molecule has 53 heavy (non-hydrogen) atoms. The highest BCUT2D eigenvalue weighted by molar-refractivity contribution is 6.13. The van der Waals surface area contributed by atoms with Crippen LogP contribution in [-0.4, -0.2) is 4.98 Å². The zero-order valence-corrected chi connectivity index (χ0v) is 29.9. The summed E-state index contributed by atoms with van der Waals surface area (Å²) in [4.78, 5) is 3.81. The van der Waals surface area contributed by atoms with Crippen molar-refractivity contribution in [1.82, 2.24) is 4.98 Å². The van der Waals surface area contributed by atoms with Gasteiger partial charge in [-0.25, -0.2) is 0 Å². The number of nitrogens with one attached hydrogen (secondary N) is 1. The molecule has 0 aliphatic heterocycles. The molecular formula is C52H37N. The van der Waals surface area contributed by atoms with Gasteiger partial charge in [0.25, 0.3) is 0 Å². The maximum atomic E-state index is 3.81. The molecule has 2 aliphatic carbocycles. The highest BCUT2D eigenvalue weighted by Crippen LogP contribution is 2.50. The first-order chi connectivity index (χ1) is 26.0. The molecule has 1 aromatic heterocycles. The summed E-state index contributed by atoms with van der Waals surface area (Å²) >= 11 is 0. The molecule has 0 saturated carbocycles. The maximum absolute atomic E-state index is 3.81. The normalized spacial score (nSPS) is 13.5. The van der Waals surface area contributed by atoms with E-state index in [1.54, 1.807) is 0 Å². The Morgan fingerprint density at radius 2 is 0.981 bits per heavy atom. The molecule has 0 fully saturated rings. The van der Waals surface area contributed by atoms with Crippen LogP contribution in [0.2, 0.25) is 0 Å². The summed E-state index contributed by atoms with van der Waals surface area (Å²) in [6, 6.07) is 63.2. The zero-order valence-electron chi connectivity index (χ0n) is 29.9. The van der Waals surface area contributed by atoms with Gasteiger partial charge in [-0.2, -0.15) is 0 Å². The third-order valence-electron chi connectivity index (χ3n) is 12.1. The van der Waals surface area contributed by atoms with Crippen molar-refractivity contribution in [3.63, 3.8) is 0 Å². The van der Waals surface area contributed by atoms with Gasteiger partial charge in [-0.3, -0.25) is 0 Å². The lowest BCUT2D eigenvalue weighted by atomic mass is 9.82. The molecule has 0 atom stereocenters. The number of H-pyrrole nitrogens is 1. The Balaban J connectivity index is 0.960. The Bertz CT molecular complexity index is 2950. The van der Waals surface area contributed by atoms with Gasteiger partial charge < -0.3 is 4.98 Å². The summed E-state index contributed by atoms with van der Waals surface area (Å²) in [7, 11) is 0. The van der Waals surface area contributed by atoms with Gasteiger partial charge in [0.05, 0.1) is 5.52 Å². The van der Waals surface area contributed by atoms with Gasteiger partial charge in [-0.05, 0) is 120 Å². The molecule has 0 saturated heterocycles. The van der Waals surface area contributed by atoms with Gasteiger partial charge in [-0.15, -0.1) is 0 Å². The van der Waals surface area contributed by atoms with Crippen LogP contribution in [0.15, 0.2) is 170 Å². The van der Waals surface area contributed by atoms with Gasteiger partial charge in [0, 0.05) is 27.3 Å². The number of aromatic nitrogens is 1. The molecule has 8 aromatic carbocycles. The van der Waals surface area contributed by atoms with E-state index < -0.39 is 0 Å². The van der Waals surface area contributed by atoms with Crippen LogP contribution in [0.5, 0.6) is 0 Å². The van der Waals surface area contributed by atoms with Crippen LogP contribution in [0.25, 0.3) is 88.6 Å². The van der Waals surface area contributed by atoms with E-state index in [2.05, 4.69) is 189 Å². The number of hydrogen-bond acceptors (Lipinski definition) is 0. The summed E-state index contributed by atoms with van der Waals surface area (Å²) in [5.74, 6) is 0. The average molecular weight is 676 g/mol. The quantitative estimate of drug-likeness (QED) is 0.191. The second-order valence-corrected chi connectivity index (χ2v) is 15.4. The summed E-state index contributed by atoms with van der Waals surface area (Å²) in [5, 5.41) is 2.51. The number of aromatic amines is 1. The number of fused-ring (bicyclic) bond motifs is 9. The van der Waals surface area contributed by atoms with Crippen LogP contribution in [-0.2, 0) is 11.8 Å². The Morgan fingerprint density at radius 3 is 1.83 bits per heavy atom. The van der Waals surface area contributed by atoms with Crippen molar-refractivity contribution in [2.24, 2.45) is 0 Å². The van der Waals surface area contributed by atoms with E-state index in [4.69, 9.17) is 0 Å². The van der Waals surface area contributed by atoms with Gasteiger partial charge in [0.2, 0.25) is 0 Å². The predicted octanol–water partition coefficient (Wildman–Crippen LogP) is 13.9. The Labute approximate surface area is 310 Å². The van der Waals surface area contributed by atoms with Gasteiger partial charge in [0.1, 0.15) is 0 Å². The molecule has 11 rings (SSSR count). The van der Waals surface area contributed by atoms with Crippen LogP contribution >= 0.6 is 0 Å². The van der Waals surface area contributed by atoms with Crippen molar-refractivity contribution in [1.29, 1.82) is 0 Å². The van der Waals surface area contributed by atoms with E-state index in [0.29, 0.717) is 0 Å². The molecular weight excluding hydrogens is 639 g/mol. The highest BCUT2D eigenvalue weighted by atomic mass is 14.7. The first-order valence-corrected chi connectivity index (χ1v) is 18.7. The number of benzene rings is 8. The van der Waals surface area contributed by atoms with Crippen molar-refractivity contribution in [2.75, 3.05) is 0 Å². The maximum Gasteiger partial charge on any atom is 0.0544 e. The van der Waals surface area contributed by atoms with Crippen LogP contribution in [0.3, 0.4) is 0 Å². The lowest BCUT2D eigenvalue weighted by Gasteiger charge is -2.21. The minimum absolute atomic E-state index is 0.0119. The minimum atomic E-state index is 0.0119. The van der Waals surface area contributed by atoms with E-state index in [9.17, 15) is 0 Å². The minimum Gasteiger partial charge on any atom is -0.354 e. The SMILES string of the molecule is CC1(C)c2ccccc2-c2cc(-c3cccc(-c4cccc(-c5cccc6c5[nH]c5ccc(-c7cccc8c7Cc7ccccc7-8)cc56)c4)c3)ccc21. The predicted molar refractivity (Wildman–Crippen MR) is 223 cm³/mol. The smallest absolute Gasteiger partial charge is 0.0544 e. The summed E-state index contributed by atoms with van der Waals surface area (Å²) < 4.78 is 0. The topological polar surface area (TPSA) is 15.8 Å². The standard InChI is InChI=1S/C52H37N/c1-52(2)48-22-6-5-17-43(48)46-29-35(23-25-49(46)52)33-13-7-12-32(27-33)34-14-8-15-36(28-34)41-19-10-21-44-47-31-38(24-26-50(47)53-51(41)44)40-18-9-20-42-39-16-4-3-11-37(39)30-45(40)42/h3-29,31,53H,30H2,1-2H3. The van der Waals surface area contributed by atoms with Crippen molar-refractivity contribution < 1.29 is 0 Å². The van der Waals surface area contributed by atoms with Crippen molar-refractivity contribution in [3.8, 4) is 66.8 Å². The van der Waals surface area contributed by atoms with E-state index in [0.717, 1.165) is 11.9 Å². The first kappa shape index (κ1) is 30.2. The molecule has 1 heteroatoms. The molecule has 0 unspecified atom stereocenters. The molecule has 0 amide bonds. The van der Waals surface area contributed by atoms with Gasteiger partial charge in [0.15, 0.2) is 0 Å². The van der Waals surface area contributed by atoms with E-state index >= 15 is 0 Å².